The first-order valence-electron chi connectivity index (χ1n) is 7.41. The van der Waals surface area contributed by atoms with Crippen LogP contribution >= 0.6 is 15.9 Å². The maximum Gasteiger partial charge on any atom is 0.262 e. The maximum absolute atomic E-state index is 12.2. The molecule has 0 aliphatic heterocycles. The molecule has 0 bridgehead atoms. The highest BCUT2D eigenvalue weighted by Gasteiger charge is 2.19. The molecule has 1 aliphatic rings. The van der Waals surface area contributed by atoms with Crippen molar-refractivity contribution in [2.24, 2.45) is 0 Å². The quantitative estimate of drug-likeness (QED) is 0.659. The van der Waals surface area contributed by atoms with Crippen molar-refractivity contribution < 1.29 is 4.79 Å². The van der Waals surface area contributed by atoms with Gasteiger partial charge in [-0.25, -0.2) is 0 Å². The molecule has 0 atom stereocenters. The van der Waals surface area contributed by atoms with Crippen LogP contribution in [0.1, 0.15) is 31.2 Å². The summed E-state index contributed by atoms with van der Waals surface area (Å²) < 4.78 is 0.930. The summed E-state index contributed by atoms with van der Waals surface area (Å²) in [5.41, 5.74) is 2.03. The van der Waals surface area contributed by atoms with Crippen LogP contribution in [-0.4, -0.2) is 26.0 Å². The molecule has 1 N–H and O–H groups in total. The minimum Gasteiger partial charge on any atom is -0.377 e. The zero-order valence-corrected chi connectivity index (χ0v) is 14.5. The zero-order chi connectivity index (χ0) is 16.1. The molecule has 1 saturated carbocycles. The van der Waals surface area contributed by atoms with E-state index in [0.29, 0.717) is 0 Å². The molecule has 1 aromatic rings. The molecular formula is C17H20BrN3O. The molecule has 5 heteroatoms. The standard InChI is InChI=1S/C17H20BrN3O/c1-21(2)16-8-7-12(10-15(16)18)9-13(11-19)17(22)20-14-5-3-4-6-14/h7-10,14H,3-6H2,1-2H3,(H,20,22)/b13-9-. The van der Waals surface area contributed by atoms with Crippen LogP contribution in [0.2, 0.25) is 0 Å². The van der Waals surface area contributed by atoms with Gasteiger partial charge >= 0.3 is 0 Å². The average molecular weight is 362 g/mol. The van der Waals surface area contributed by atoms with E-state index in [1.54, 1.807) is 6.08 Å². The van der Waals surface area contributed by atoms with Crippen LogP contribution < -0.4 is 10.2 Å². The highest BCUT2D eigenvalue weighted by Crippen LogP contribution is 2.26. The molecule has 0 unspecified atom stereocenters. The van der Waals surface area contributed by atoms with Gasteiger partial charge in [-0.05, 0) is 52.5 Å². The zero-order valence-electron chi connectivity index (χ0n) is 12.9. The number of halogens is 1. The Morgan fingerprint density at radius 2 is 2.09 bits per heavy atom. The third-order valence-electron chi connectivity index (χ3n) is 3.82. The molecule has 0 radical (unpaired) electrons. The van der Waals surface area contributed by atoms with Crippen LogP contribution in [-0.2, 0) is 4.79 Å². The first kappa shape index (κ1) is 16.6. The Kier molecular flexibility index (Phi) is 5.62. The summed E-state index contributed by atoms with van der Waals surface area (Å²) in [4.78, 5) is 14.2. The second kappa shape index (κ2) is 7.46. The van der Waals surface area contributed by atoms with Crippen molar-refractivity contribution in [2.45, 2.75) is 31.7 Å². The minimum atomic E-state index is -0.276. The molecule has 2 rings (SSSR count). The Morgan fingerprint density at radius 3 is 2.64 bits per heavy atom. The Labute approximate surface area is 139 Å². The predicted molar refractivity (Wildman–Crippen MR) is 92.5 cm³/mol. The molecule has 1 amide bonds. The number of hydrogen-bond donors (Lipinski definition) is 1. The normalized spacial score (nSPS) is 15.5. The van der Waals surface area contributed by atoms with E-state index in [4.69, 9.17) is 0 Å². The summed E-state index contributed by atoms with van der Waals surface area (Å²) >= 11 is 3.51. The van der Waals surface area contributed by atoms with Crippen molar-refractivity contribution in [3.63, 3.8) is 0 Å². The van der Waals surface area contributed by atoms with Crippen LogP contribution in [0.4, 0.5) is 5.69 Å². The molecule has 22 heavy (non-hydrogen) atoms. The largest absolute Gasteiger partial charge is 0.377 e. The predicted octanol–water partition coefficient (Wildman–Crippen LogP) is 3.48. The van der Waals surface area contributed by atoms with Gasteiger partial charge in [0.15, 0.2) is 0 Å². The summed E-state index contributed by atoms with van der Waals surface area (Å²) in [6, 6.07) is 7.99. The van der Waals surface area contributed by atoms with Gasteiger partial charge in [0.1, 0.15) is 11.6 Å². The van der Waals surface area contributed by atoms with Gasteiger partial charge in [0.25, 0.3) is 5.91 Å². The van der Waals surface area contributed by atoms with E-state index in [1.165, 1.54) is 0 Å². The van der Waals surface area contributed by atoms with Gasteiger partial charge in [-0.2, -0.15) is 5.26 Å². The second-order valence-electron chi connectivity index (χ2n) is 5.73. The summed E-state index contributed by atoms with van der Waals surface area (Å²) in [5, 5.41) is 12.2. The topological polar surface area (TPSA) is 56.1 Å². The number of carbonyl (C=O) groups is 1. The Bertz CT molecular complexity index is 625. The van der Waals surface area contributed by atoms with Gasteiger partial charge in [0, 0.05) is 24.6 Å². The third kappa shape index (κ3) is 4.11. The molecule has 1 aromatic carbocycles. The number of carbonyl (C=O) groups excluding carboxylic acids is 1. The molecular weight excluding hydrogens is 342 g/mol. The number of hydrogen-bond acceptors (Lipinski definition) is 3. The van der Waals surface area contributed by atoms with Crippen molar-refractivity contribution >= 4 is 33.6 Å². The molecule has 4 nitrogen and oxygen atoms in total. The maximum atomic E-state index is 12.2. The average Bonchev–Trinajstić information content (AvgIpc) is 2.97. The van der Waals surface area contributed by atoms with Crippen molar-refractivity contribution in [3.05, 3.63) is 33.8 Å². The van der Waals surface area contributed by atoms with Crippen LogP contribution in [0.25, 0.3) is 6.08 Å². The van der Waals surface area contributed by atoms with Crippen LogP contribution in [0.3, 0.4) is 0 Å². The summed E-state index contributed by atoms with van der Waals surface area (Å²) in [5.74, 6) is -0.276. The van der Waals surface area contributed by atoms with Gasteiger partial charge in [-0.15, -0.1) is 0 Å². The summed E-state index contributed by atoms with van der Waals surface area (Å²) in [7, 11) is 3.93. The van der Waals surface area contributed by atoms with E-state index in [1.807, 2.05) is 43.3 Å². The number of rotatable bonds is 4. The van der Waals surface area contributed by atoms with Crippen LogP contribution in [0.15, 0.2) is 28.2 Å². The second-order valence-corrected chi connectivity index (χ2v) is 6.58. The lowest BCUT2D eigenvalue weighted by atomic mass is 10.1. The Balaban J connectivity index is 2.16. The summed E-state index contributed by atoms with van der Waals surface area (Å²) in [6.07, 6.45) is 5.94. The highest BCUT2D eigenvalue weighted by molar-refractivity contribution is 9.10. The fourth-order valence-corrected chi connectivity index (χ4v) is 3.38. The van der Waals surface area contributed by atoms with E-state index < -0.39 is 0 Å². The highest BCUT2D eigenvalue weighted by atomic mass is 79.9. The SMILES string of the molecule is CN(C)c1ccc(/C=C(/C#N)C(=O)NC2CCCC2)cc1Br. The molecule has 0 heterocycles. The number of nitriles is 1. The number of amides is 1. The molecule has 1 fully saturated rings. The number of benzene rings is 1. The monoisotopic (exact) mass is 361 g/mol. The molecule has 116 valence electrons. The number of nitrogens with zero attached hydrogens (tertiary/aromatic N) is 2. The molecule has 0 aromatic heterocycles. The van der Waals surface area contributed by atoms with E-state index in [0.717, 1.165) is 41.4 Å². The van der Waals surface area contributed by atoms with E-state index in [9.17, 15) is 10.1 Å². The third-order valence-corrected chi connectivity index (χ3v) is 4.46. The van der Waals surface area contributed by atoms with E-state index >= 15 is 0 Å². The van der Waals surface area contributed by atoms with Gasteiger partial charge in [0.2, 0.25) is 0 Å². The number of anilines is 1. The van der Waals surface area contributed by atoms with Crippen LogP contribution in [0.5, 0.6) is 0 Å². The number of nitrogens with one attached hydrogen (secondary N) is 1. The molecule has 0 spiro atoms. The van der Waals surface area contributed by atoms with Crippen molar-refractivity contribution in [1.29, 1.82) is 5.26 Å². The van der Waals surface area contributed by atoms with Crippen LogP contribution in [0, 0.1) is 11.3 Å². The first-order chi connectivity index (χ1) is 10.5. The fourth-order valence-electron chi connectivity index (χ4n) is 2.62. The minimum absolute atomic E-state index is 0.149. The summed E-state index contributed by atoms with van der Waals surface area (Å²) in [6.45, 7) is 0. The Morgan fingerprint density at radius 1 is 1.41 bits per heavy atom. The van der Waals surface area contributed by atoms with E-state index in [-0.39, 0.29) is 17.5 Å². The first-order valence-corrected chi connectivity index (χ1v) is 8.20. The Hall–Kier alpha value is -1.80. The van der Waals surface area contributed by atoms with Crippen molar-refractivity contribution in [3.8, 4) is 6.07 Å². The molecule has 1 aliphatic carbocycles. The van der Waals surface area contributed by atoms with Gasteiger partial charge in [-0.3, -0.25) is 4.79 Å². The lowest BCUT2D eigenvalue weighted by Gasteiger charge is -2.15. The fraction of sp³-hybridized carbons (Fsp3) is 0.412. The lowest BCUT2D eigenvalue weighted by molar-refractivity contribution is -0.117. The van der Waals surface area contributed by atoms with Crippen molar-refractivity contribution in [2.75, 3.05) is 19.0 Å². The molecule has 0 saturated heterocycles. The van der Waals surface area contributed by atoms with E-state index in [2.05, 4.69) is 21.2 Å². The van der Waals surface area contributed by atoms with Gasteiger partial charge < -0.3 is 10.2 Å². The lowest BCUT2D eigenvalue weighted by Crippen LogP contribution is -2.33. The smallest absolute Gasteiger partial charge is 0.262 e. The van der Waals surface area contributed by atoms with Gasteiger partial charge in [-0.1, -0.05) is 18.9 Å². The van der Waals surface area contributed by atoms with Crippen molar-refractivity contribution in [1.82, 2.24) is 5.32 Å². The van der Waals surface area contributed by atoms with Gasteiger partial charge in [0.05, 0.1) is 5.69 Å².